The zero-order valence-electron chi connectivity index (χ0n) is 12.0. The summed E-state index contributed by atoms with van der Waals surface area (Å²) in [5, 5.41) is 26.0. The number of nitrogens with zero attached hydrogens (tertiary/aromatic N) is 2. The Morgan fingerprint density at radius 2 is 2.27 bits per heavy atom. The first-order chi connectivity index (χ1) is 10.5. The van der Waals surface area contributed by atoms with Gasteiger partial charge >= 0.3 is 5.97 Å². The number of carbonyl (C=O) groups is 1. The second-order valence-electron chi connectivity index (χ2n) is 4.27. The zero-order chi connectivity index (χ0) is 16.1. The Hall–Kier alpha value is -2.48. The molecule has 0 unspecified atom stereocenters. The summed E-state index contributed by atoms with van der Waals surface area (Å²) < 4.78 is 4.95. The molecule has 0 aliphatic rings. The van der Waals surface area contributed by atoms with Crippen molar-refractivity contribution in [3.8, 4) is 11.5 Å². The number of nitrogens with one attached hydrogen (secondary N) is 1. The second-order valence-corrected chi connectivity index (χ2v) is 5.27. The molecular weight excluding hydrogens is 306 g/mol. The highest BCUT2D eigenvalue weighted by molar-refractivity contribution is 8.04. The minimum Gasteiger partial charge on any atom is -0.504 e. The minimum atomic E-state index is -1.09. The highest BCUT2D eigenvalue weighted by atomic mass is 32.2. The third-order valence-corrected chi connectivity index (χ3v) is 3.64. The summed E-state index contributed by atoms with van der Waals surface area (Å²) in [4.78, 5) is 15.6. The van der Waals surface area contributed by atoms with Crippen molar-refractivity contribution >= 4 is 23.8 Å². The van der Waals surface area contributed by atoms with Gasteiger partial charge in [0.2, 0.25) is 5.16 Å². The average molecular weight is 321 g/mol. The number of methoxy groups -OCH3 is 1. The number of phenolic OH excluding ortho intramolecular Hbond substituents is 1. The normalized spacial score (nSPS) is 11.5. The smallest absolute Gasteiger partial charge is 0.342 e. The summed E-state index contributed by atoms with van der Waals surface area (Å²) in [6.45, 7) is 1.92. The SMILES string of the molecule is CCc1nc(S/C(=C\c2ccc(OC)c(O)c2)C(=O)O)n[nH]1. The van der Waals surface area contributed by atoms with Gasteiger partial charge in [-0.15, -0.1) is 5.10 Å². The van der Waals surface area contributed by atoms with Crippen LogP contribution in [0.25, 0.3) is 6.08 Å². The third-order valence-electron chi connectivity index (χ3n) is 2.76. The van der Waals surface area contributed by atoms with E-state index in [1.165, 1.54) is 19.3 Å². The Labute approximate surface area is 131 Å². The van der Waals surface area contributed by atoms with Gasteiger partial charge in [0.05, 0.1) is 7.11 Å². The zero-order valence-corrected chi connectivity index (χ0v) is 12.8. The van der Waals surface area contributed by atoms with Gasteiger partial charge in [0.15, 0.2) is 11.5 Å². The molecule has 7 nitrogen and oxygen atoms in total. The Bertz CT molecular complexity index is 712. The second kappa shape index (κ2) is 6.99. The average Bonchev–Trinajstić information content (AvgIpc) is 2.94. The van der Waals surface area contributed by atoms with Crippen molar-refractivity contribution < 1.29 is 19.7 Å². The van der Waals surface area contributed by atoms with Crippen molar-refractivity contribution in [1.29, 1.82) is 0 Å². The Morgan fingerprint density at radius 1 is 1.50 bits per heavy atom. The number of hydrogen-bond acceptors (Lipinski definition) is 6. The lowest BCUT2D eigenvalue weighted by Crippen LogP contribution is -1.97. The molecule has 3 N–H and O–H groups in total. The van der Waals surface area contributed by atoms with Crippen LogP contribution in [0.4, 0.5) is 0 Å². The predicted molar refractivity (Wildman–Crippen MR) is 81.9 cm³/mol. The van der Waals surface area contributed by atoms with Gasteiger partial charge in [-0.2, -0.15) is 0 Å². The van der Waals surface area contributed by atoms with E-state index < -0.39 is 5.97 Å². The van der Waals surface area contributed by atoms with Crippen LogP contribution in [0.5, 0.6) is 11.5 Å². The highest BCUT2D eigenvalue weighted by Gasteiger charge is 2.14. The van der Waals surface area contributed by atoms with Crippen LogP contribution in [0.2, 0.25) is 0 Å². The fourth-order valence-corrected chi connectivity index (χ4v) is 2.39. The summed E-state index contributed by atoms with van der Waals surface area (Å²) in [6.07, 6.45) is 2.13. The van der Waals surface area contributed by atoms with Crippen molar-refractivity contribution in [1.82, 2.24) is 15.2 Å². The molecule has 2 aromatic rings. The molecule has 1 aromatic heterocycles. The molecular formula is C14H15N3O4S. The van der Waals surface area contributed by atoms with Crippen LogP contribution >= 0.6 is 11.8 Å². The Morgan fingerprint density at radius 3 is 2.82 bits per heavy atom. The van der Waals surface area contributed by atoms with Crippen LogP contribution < -0.4 is 4.74 Å². The van der Waals surface area contributed by atoms with E-state index in [2.05, 4.69) is 15.2 Å². The van der Waals surface area contributed by atoms with E-state index >= 15 is 0 Å². The minimum absolute atomic E-state index is 0.0474. The van der Waals surface area contributed by atoms with Crippen molar-refractivity contribution in [3.63, 3.8) is 0 Å². The van der Waals surface area contributed by atoms with Gasteiger partial charge in [-0.1, -0.05) is 13.0 Å². The maximum absolute atomic E-state index is 11.4. The van der Waals surface area contributed by atoms with Crippen LogP contribution in [0.1, 0.15) is 18.3 Å². The molecule has 8 heteroatoms. The van der Waals surface area contributed by atoms with Gasteiger partial charge in [-0.05, 0) is 35.5 Å². The number of ether oxygens (including phenoxy) is 1. The molecule has 116 valence electrons. The van der Waals surface area contributed by atoms with Crippen LogP contribution in [0, 0.1) is 0 Å². The summed E-state index contributed by atoms with van der Waals surface area (Å²) >= 11 is 0.939. The maximum Gasteiger partial charge on any atom is 0.342 e. The van der Waals surface area contributed by atoms with Crippen molar-refractivity contribution in [2.45, 2.75) is 18.5 Å². The Balaban J connectivity index is 2.26. The molecule has 0 saturated carbocycles. The first-order valence-corrected chi connectivity index (χ1v) is 7.26. The molecule has 0 saturated heterocycles. The highest BCUT2D eigenvalue weighted by Crippen LogP contribution is 2.30. The van der Waals surface area contributed by atoms with Gasteiger partial charge in [0.25, 0.3) is 0 Å². The van der Waals surface area contributed by atoms with Gasteiger partial charge in [-0.25, -0.2) is 9.78 Å². The standard InChI is InChI=1S/C14H15N3O4S/c1-3-12-15-14(17-16-12)22-11(13(19)20)7-8-4-5-10(21-2)9(18)6-8/h4-7,18H,3H2,1-2H3,(H,19,20)(H,15,16,17)/b11-7-. The number of benzene rings is 1. The predicted octanol–water partition coefficient (Wildman–Crippen LogP) is 2.30. The van der Waals surface area contributed by atoms with Gasteiger partial charge < -0.3 is 14.9 Å². The molecule has 0 bridgehead atoms. The largest absolute Gasteiger partial charge is 0.504 e. The molecule has 1 heterocycles. The molecule has 0 radical (unpaired) electrons. The molecule has 0 spiro atoms. The fourth-order valence-electron chi connectivity index (χ4n) is 1.66. The molecule has 0 aliphatic carbocycles. The number of aromatic amines is 1. The van der Waals surface area contributed by atoms with Crippen molar-refractivity contribution in [3.05, 3.63) is 34.5 Å². The third kappa shape index (κ3) is 3.79. The summed E-state index contributed by atoms with van der Waals surface area (Å²) in [5.74, 6) is -0.141. The number of aryl methyl sites for hydroxylation is 1. The molecule has 0 atom stereocenters. The number of phenols is 1. The van der Waals surface area contributed by atoms with E-state index in [1.807, 2.05) is 6.92 Å². The number of aliphatic carboxylic acids is 1. The molecule has 0 amide bonds. The fraction of sp³-hybridized carbons (Fsp3) is 0.214. The summed E-state index contributed by atoms with van der Waals surface area (Å²) in [6, 6.07) is 4.64. The van der Waals surface area contributed by atoms with Gasteiger partial charge in [0, 0.05) is 6.42 Å². The van der Waals surface area contributed by atoms with E-state index in [0.717, 1.165) is 11.8 Å². The lowest BCUT2D eigenvalue weighted by atomic mass is 10.2. The number of thioether (sulfide) groups is 1. The van der Waals surface area contributed by atoms with Gasteiger partial charge in [0.1, 0.15) is 10.7 Å². The van der Waals surface area contributed by atoms with Crippen molar-refractivity contribution in [2.75, 3.05) is 7.11 Å². The van der Waals surface area contributed by atoms with Crippen LogP contribution in [0.3, 0.4) is 0 Å². The van der Waals surface area contributed by atoms with E-state index in [9.17, 15) is 15.0 Å². The molecule has 1 aromatic carbocycles. The van der Waals surface area contributed by atoms with E-state index in [4.69, 9.17) is 4.74 Å². The van der Waals surface area contributed by atoms with Crippen molar-refractivity contribution in [2.24, 2.45) is 0 Å². The summed E-state index contributed by atoms with van der Waals surface area (Å²) in [7, 11) is 1.44. The Kier molecular flexibility index (Phi) is 5.05. The number of aromatic nitrogens is 3. The lowest BCUT2D eigenvalue weighted by molar-refractivity contribution is -0.131. The lowest BCUT2D eigenvalue weighted by Gasteiger charge is -2.04. The molecule has 2 rings (SSSR count). The first-order valence-electron chi connectivity index (χ1n) is 6.44. The molecule has 22 heavy (non-hydrogen) atoms. The number of carboxylic acid groups (broad SMARTS) is 1. The van der Waals surface area contributed by atoms with E-state index in [1.54, 1.807) is 12.1 Å². The van der Waals surface area contributed by atoms with Crippen LogP contribution in [0.15, 0.2) is 28.3 Å². The van der Waals surface area contributed by atoms with Crippen LogP contribution in [-0.2, 0) is 11.2 Å². The molecule has 0 aliphatic heterocycles. The number of aromatic hydroxyl groups is 1. The number of hydrogen-bond donors (Lipinski definition) is 3. The van der Waals surface area contributed by atoms with E-state index in [-0.39, 0.29) is 10.7 Å². The number of carboxylic acids is 1. The summed E-state index contributed by atoms with van der Waals surface area (Å²) in [5.41, 5.74) is 0.537. The molecule has 0 fully saturated rings. The quantitative estimate of drug-likeness (QED) is 0.553. The van der Waals surface area contributed by atoms with Gasteiger partial charge in [-0.3, -0.25) is 5.10 Å². The number of rotatable bonds is 6. The topological polar surface area (TPSA) is 108 Å². The van der Waals surface area contributed by atoms with Crippen LogP contribution in [-0.4, -0.2) is 38.5 Å². The van der Waals surface area contributed by atoms with E-state index in [0.29, 0.717) is 28.7 Å². The number of H-pyrrole nitrogens is 1. The first kappa shape index (κ1) is 15.9. The maximum atomic E-state index is 11.4. The monoisotopic (exact) mass is 321 g/mol.